The first kappa shape index (κ1) is 29.4. The van der Waals surface area contributed by atoms with Crippen LogP contribution in [0.25, 0.3) is 10.9 Å². The highest BCUT2D eigenvalue weighted by atomic mass is 35.5. The number of amides is 1. The first-order chi connectivity index (χ1) is 19.9. The normalized spacial score (nSPS) is 16.3. The summed E-state index contributed by atoms with van der Waals surface area (Å²) in [5, 5.41) is 3.75. The topological polar surface area (TPSA) is 152 Å². The van der Waals surface area contributed by atoms with Crippen molar-refractivity contribution in [3.63, 3.8) is 0 Å². The van der Waals surface area contributed by atoms with E-state index in [2.05, 4.69) is 25.2 Å². The summed E-state index contributed by atoms with van der Waals surface area (Å²) in [7, 11) is -2.10. The number of piperidine rings is 1. The molecule has 1 aromatic carbocycles. The number of hydrogen-bond acceptors (Lipinski definition) is 10. The van der Waals surface area contributed by atoms with Crippen LogP contribution in [0.3, 0.4) is 0 Å². The van der Waals surface area contributed by atoms with Gasteiger partial charge in [0.15, 0.2) is 5.69 Å². The molecular weight excluding hydrogens is 580 g/mol. The molecule has 42 heavy (non-hydrogen) atoms. The van der Waals surface area contributed by atoms with Crippen LogP contribution in [0.5, 0.6) is 0 Å². The van der Waals surface area contributed by atoms with Crippen LogP contribution in [-0.4, -0.2) is 58.2 Å². The molecule has 0 radical (unpaired) electrons. The molecule has 14 heteroatoms. The number of nitrogens with one attached hydrogen (secondary N) is 2. The lowest BCUT2D eigenvalue weighted by Gasteiger charge is -2.34. The molecule has 1 saturated heterocycles. The molecule has 1 fully saturated rings. The predicted molar refractivity (Wildman–Crippen MR) is 162 cm³/mol. The molecule has 1 amide bonds. The minimum atomic E-state index is -3.83. The van der Waals surface area contributed by atoms with Gasteiger partial charge in [0.05, 0.1) is 34.6 Å². The van der Waals surface area contributed by atoms with Gasteiger partial charge in [-0.2, -0.15) is 0 Å². The monoisotopic (exact) mass is 610 g/mol. The molecule has 4 heterocycles. The average Bonchev–Trinajstić information content (AvgIpc) is 2.95. The van der Waals surface area contributed by atoms with E-state index in [0.29, 0.717) is 23.4 Å². The van der Waals surface area contributed by atoms with Gasteiger partial charge in [0.2, 0.25) is 16.0 Å². The number of carbonyl (C=O) groups excluding carboxylic acids is 1. The summed E-state index contributed by atoms with van der Waals surface area (Å²) in [4.78, 5) is 46.3. The number of anilines is 2. The number of halogens is 1. The smallest absolute Gasteiger partial charge is 0.285 e. The molecule has 2 N–H and O–H groups in total. The molecule has 0 spiro atoms. The van der Waals surface area contributed by atoms with Gasteiger partial charge >= 0.3 is 0 Å². The van der Waals surface area contributed by atoms with E-state index in [1.54, 1.807) is 36.3 Å². The van der Waals surface area contributed by atoms with E-state index in [9.17, 15) is 18.0 Å². The predicted octanol–water partition coefficient (Wildman–Crippen LogP) is 3.33. The summed E-state index contributed by atoms with van der Waals surface area (Å²) in [6, 6.07) is 6.35. The number of aryl methyl sites for hydroxylation is 1. The Labute approximate surface area is 248 Å². The van der Waals surface area contributed by atoms with E-state index in [1.807, 2.05) is 30.7 Å². The molecule has 2 atom stereocenters. The van der Waals surface area contributed by atoms with Gasteiger partial charge in [-0.1, -0.05) is 17.7 Å². The number of pyridine rings is 1. The van der Waals surface area contributed by atoms with Gasteiger partial charge in [-0.15, -0.1) is 0 Å². The van der Waals surface area contributed by atoms with E-state index in [4.69, 9.17) is 16.6 Å². The Morgan fingerprint density at radius 2 is 1.98 bits per heavy atom. The van der Waals surface area contributed by atoms with Crippen molar-refractivity contribution < 1.29 is 13.2 Å². The fourth-order valence-electron chi connectivity index (χ4n) is 5.33. The van der Waals surface area contributed by atoms with Crippen molar-refractivity contribution in [3.05, 3.63) is 80.9 Å². The van der Waals surface area contributed by atoms with E-state index in [1.165, 1.54) is 6.07 Å². The number of benzene rings is 1. The van der Waals surface area contributed by atoms with Crippen molar-refractivity contribution in [2.75, 3.05) is 29.6 Å². The zero-order chi connectivity index (χ0) is 30.2. The average molecular weight is 611 g/mol. The number of fused-ring (bicyclic) bond motifs is 1. The van der Waals surface area contributed by atoms with E-state index < -0.39 is 22.0 Å². The second-order valence-electron chi connectivity index (χ2n) is 10.5. The molecule has 220 valence electrons. The molecule has 3 aromatic heterocycles. The number of carbonyl (C=O) groups is 1. The molecular formula is C28H31ClN8O4S. The number of nitrogens with zero attached hydrogens (tertiary/aromatic N) is 6. The highest BCUT2D eigenvalue weighted by molar-refractivity contribution is 7.89. The van der Waals surface area contributed by atoms with Crippen LogP contribution in [0, 0.1) is 6.92 Å². The third kappa shape index (κ3) is 6.21. The second kappa shape index (κ2) is 11.6. The Kier molecular flexibility index (Phi) is 8.15. The van der Waals surface area contributed by atoms with Crippen molar-refractivity contribution in [3.8, 4) is 0 Å². The summed E-state index contributed by atoms with van der Waals surface area (Å²) < 4.78 is 26.9. The molecule has 5 rings (SSSR count). The second-order valence-corrected chi connectivity index (χ2v) is 12.7. The standard InChI is InChI=1S/C28H31ClN8O4S/c1-16-12-19(17(2)32-21-7-8-23(29)33-25(21)26(38)35-42(4,40)41)24-20(13-16)27(39)36(3)28(34-24)37-11-5-6-18(15-37)22-14-30-9-10-31-22/h7-10,12-14,17-18,32H,5-6,11,15H2,1-4H3,(H,35,38)/t17-,18-/m1/s1. The van der Waals surface area contributed by atoms with Crippen LogP contribution in [0.1, 0.15) is 59.0 Å². The van der Waals surface area contributed by atoms with E-state index in [0.717, 1.165) is 42.5 Å². The molecule has 0 saturated carbocycles. The molecule has 12 nitrogen and oxygen atoms in total. The Hall–Kier alpha value is -4.10. The first-order valence-corrected chi connectivity index (χ1v) is 15.7. The highest BCUT2D eigenvalue weighted by Crippen LogP contribution is 2.31. The van der Waals surface area contributed by atoms with Crippen molar-refractivity contribution in [2.45, 2.75) is 38.6 Å². The van der Waals surface area contributed by atoms with Crippen molar-refractivity contribution in [2.24, 2.45) is 7.05 Å². The van der Waals surface area contributed by atoms with Crippen LogP contribution in [0.2, 0.25) is 5.15 Å². The molecule has 4 aromatic rings. The summed E-state index contributed by atoms with van der Waals surface area (Å²) in [6.45, 7) is 5.15. The Morgan fingerprint density at radius 3 is 2.69 bits per heavy atom. The van der Waals surface area contributed by atoms with Crippen LogP contribution >= 0.6 is 11.6 Å². The van der Waals surface area contributed by atoms with Crippen LogP contribution in [0.4, 0.5) is 11.6 Å². The molecule has 0 aliphatic carbocycles. The van der Waals surface area contributed by atoms with Gasteiger partial charge in [0.25, 0.3) is 11.5 Å². The number of hydrogen-bond donors (Lipinski definition) is 2. The maximum atomic E-state index is 13.7. The van der Waals surface area contributed by atoms with Crippen LogP contribution in [0.15, 0.2) is 47.7 Å². The van der Waals surface area contributed by atoms with Crippen molar-refractivity contribution in [1.29, 1.82) is 0 Å². The summed E-state index contributed by atoms with van der Waals surface area (Å²) in [5.41, 5.74) is 2.96. The highest BCUT2D eigenvalue weighted by Gasteiger charge is 2.27. The van der Waals surface area contributed by atoms with Crippen LogP contribution in [-0.2, 0) is 17.1 Å². The largest absolute Gasteiger partial charge is 0.377 e. The lowest BCUT2D eigenvalue weighted by Crippen LogP contribution is -2.39. The lowest BCUT2D eigenvalue weighted by atomic mass is 9.95. The van der Waals surface area contributed by atoms with Gasteiger partial charge in [-0.25, -0.2) is 23.1 Å². The minimum Gasteiger partial charge on any atom is -0.377 e. The zero-order valence-corrected chi connectivity index (χ0v) is 25.2. The van der Waals surface area contributed by atoms with Gasteiger partial charge < -0.3 is 10.2 Å². The summed E-state index contributed by atoms with van der Waals surface area (Å²) in [5.74, 6) is -0.201. The fraction of sp³-hybridized carbons (Fsp3) is 0.357. The molecule has 1 aliphatic rings. The maximum absolute atomic E-state index is 13.7. The third-order valence-corrected chi connectivity index (χ3v) is 8.00. The minimum absolute atomic E-state index is 0.0315. The van der Waals surface area contributed by atoms with Crippen molar-refractivity contribution >= 4 is 50.1 Å². The van der Waals surface area contributed by atoms with Gasteiger partial charge in [-0.05, 0) is 50.5 Å². The summed E-state index contributed by atoms with van der Waals surface area (Å²) >= 11 is 6.03. The maximum Gasteiger partial charge on any atom is 0.285 e. The zero-order valence-electron chi connectivity index (χ0n) is 23.6. The number of aromatic nitrogens is 5. The first-order valence-electron chi connectivity index (χ1n) is 13.4. The number of sulfonamides is 1. The number of rotatable bonds is 7. The van der Waals surface area contributed by atoms with E-state index in [-0.39, 0.29) is 28.0 Å². The third-order valence-electron chi connectivity index (χ3n) is 7.23. The quantitative estimate of drug-likeness (QED) is 0.298. The van der Waals surface area contributed by atoms with Crippen molar-refractivity contribution in [1.82, 2.24) is 29.2 Å². The Bertz CT molecular complexity index is 1830. The Morgan fingerprint density at radius 1 is 1.19 bits per heavy atom. The molecule has 0 unspecified atom stereocenters. The SMILES string of the molecule is Cc1cc([C@@H](C)Nc2ccc(Cl)nc2C(=O)NS(C)(=O)=O)c2nc(N3CCC[C@@H](c4cnccn4)C3)n(C)c(=O)c2c1. The van der Waals surface area contributed by atoms with Gasteiger partial charge in [0, 0.05) is 50.2 Å². The van der Waals surface area contributed by atoms with Gasteiger partial charge in [-0.3, -0.25) is 24.1 Å². The summed E-state index contributed by atoms with van der Waals surface area (Å²) in [6.07, 6.45) is 7.88. The fourth-order valence-corrected chi connectivity index (χ4v) is 5.91. The molecule has 0 bridgehead atoms. The van der Waals surface area contributed by atoms with E-state index >= 15 is 0 Å². The Balaban J connectivity index is 1.54. The molecule has 1 aliphatic heterocycles. The van der Waals surface area contributed by atoms with Gasteiger partial charge in [0.1, 0.15) is 5.15 Å². The lowest BCUT2D eigenvalue weighted by molar-refractivity contribution is 0.0977. The van der Waals surface area contributed by atoms with Crippen LogP contribution < -0.4 is 20.5 Å².